The van der Waals surface area contributed by atoms with E-state index in [0.717, 1.165) is 5.92 Å². The Morgan fingerprint density at radius 3 is 2.62 bits per heavy atom. The van der Waals surface area contributed by atoms with E-state index in [4.69, 9.17) is 0 Å². The standard InChI is InChI=1S/C13H18/c1-3-4-11-5-8-13(9-10(11)2)12-6-7-12/h5,8-9,12H,3-4,6-7H2,1-2H3. The van der Waals surface area contributed by atoms with E-state index in [1.54, 1.807) is 5.56 Å². The van der Waals surface area contributed by atoms with Gasteiger partial charge in [0.25, 0.3) is 0 Å². The van der Waals surface area contributed by atoms with Crippen LogP contribution in [0.2, 0.25) is 0 Å². The Morgan fingerprint density at radius 1 is 1.31 bits per heavy atom. The largest absolute Gasteiger partial charge is 0.0651 e. The van der Waals surface area contributed by atoms with Crippen LogP contribution in [0.1, 0.15) is 48.8 Å². The van der Waals surface area contributed by atoms with Gasteiger partial charge < -0.3 is 0 Å². The van der Waals surface area contributed by atoms with E-state index >= 15 is 0 Å². The van der Waals surface area contributed by atoms with Gasteiger partial charge in [0, 0.05) is 0 Å². The van der Waals surface area contributed by atoms with Crippen molar-refractivity contribution < 1.29 is 0 Å². The van der Waals surface area contributed by atoms with Crippen molar-refractivity contribution in [1.82, 2.24) is 0 Å². The van der Waals surface area contributed by atoms with Gasteiger partial charge in [-0.2, -0.15) is 0 Å². The quantitative estimate of drug-likeness (QED) is 0.653. The highest BCUT2D eigenvalue weighted by atomic mass is 14.3. The zero-order valence-electron chi connectivity index (χ0n) is 8.64. The third-order valence-corrected chi connectivity index (χ3v) is 2.93. The summed E-state index contributed by atoms with van der Waals surface area (Å²) in [5, 5.41) is 0. The van der Waals surface area contributed by atoms with Gasteiger partial charge in [0.05, 0.1) is 0 Å². The summed E-state index contributed by atoms with van der Waals surface area (Å²) in [5.41, 5.74) is 4.59. The van der Waals surface area contributed by atoms with Gasteiger partial charge in [0.2, 0.25) is 0 Å². The van der Waals surface area contributed by atoms with Crippen LogP contribution in [0, 0.1) is 6.92 Å². The number of hydrogen-bond acceptors (Lipinski definition) is 0. The molecule has 0 unspecified atom stereocenters. The van der Waals surface area contributed by atoms with Crippen LogP contribution in [-0.2, 0) is 6.42 Å². The van der Waals surface area contributed by atoms with E-state index in [1.807, 2.05) is 0 Å². The minimum atomic E-state index is 0.898. The zero-order chi connectivity index (χ0) is 9.26. The van der Waals surface area contributed by atoms with Gasteiger partial charge in [-0.05, 0) is 48.8 Å². The Balaban J connectivity index is 2.21. The van der Waals surface area contributed by atoms with Crippen LogP contribution in [0.3, 0.4) is 0 Å². The van der Waals surface area contributed by atoms with Crippen LogP contribution >= 0.6 is 0 Å². The Kier molecular flexibility index (Phi) is 2.39. The van der Waals surface area contributed by atoms with Crippen molar-refractivity contribution >= 4 is 0 Å². The molecule has 0 atom stereocenters. The molecule has 0 heteroatoms. The van der Waals surface area contributed by atoms with Crippen molar-refractivity contribution in [2.24, 2.45) is 0 Å². The molecule has 2 rings (SSSR count). The molecule has 1 aliphatic carbocycles. The van der Waals surface area contributed by atoms with Gasteiger partial charge in [0.1, 0.15) is 0 Å². The van der Waals surface area contributed by atoms with Gasteiger partial charge in [-0.3, -0.25) is 0 Å². The fourth-order valence-corrected chi connectivity index (χ4v) is 1.94. The molecule has 0 aromatic heterocycles. The minimum Gasteiger partial charge on any atom is -0.0651 e. The third kappa shape index (κ3) is 1.93. The van der Waals surface area contributed by atoms with Crippen LogP contribution in [0.25, 0.3) is 0 Å². The van der Waals surface area contributed by atoms with Crippen molar-refractivity contribution in [2.45, 2.75) is 45.4 Å². The van der Waals surface area contributed by atoms with E-state index in [0.29, 0.717) is 0 Å². The summed E-state index contributed by atoms with van der Waals surface area (Å²) in [7, 11) is 0. The molecule has 0 bridgehead atoms. The predicted molar refractivity (Wildman–Crippen MR) is 57.1 cm³/mol. The Labute approximate surface area is 81.0 Å². The maximum atomic E-state index is 2.39. The molecule has 1 aliphatic rings. The molecular weight excluding hydrogens is 156 g/mol. The predicted octanol–water partition coefficient (Wildman–Crippen LogP) is 3.82. The highest BCUT2D eigenvalue weighted by Gasteiger charge is 2.23. The molecule has 13 heavy (non-hydrogen) atoms. The lowest BCUT2D eigenvalue weighted by molar-refractivity contribution is 0.909. The number of aryl methyl sites for hydroxylation is 2. The normalized spacial score (nSPS) is 16.2. The zero-order valence-corrected chi connectivity index (χ0v) is 8.64. The second-order valence-corrected chi connectivity index (χ2v) is 4.21. The first-order valence-corrected chi connectivity index (χ1v) is 5.40. The van der Waals surface area contributed by atoms with Gasteiger partial charge in [-0.1, -0.05) is 31.5 Å². The number of hydrogen-bond donors (Lipinski definition) is 0. The highest BCUT2D eigenvalue weighted by molar-refractivity contribution is 5.34. The van der Waals surface area contributed by atoms with Crippen LogP contribution < -0.4 is 0 Å². The topological polar surface area (TPSA) is 0 Å². The summed E-state index contributed by atoms with van der Waals surface area (Å²) >= 11 is 0. The van der Waals surface area contributed by atoms with Gasteiger partial charge >= 0.3 is 0 Å². The van der Waals surface area contributed by atoms with E-state index in [-0.39, 0.29) is 0 Å². The van der Waals surface area contributed by atoms with Crippen molar-refractivity contribution in [3.05, 3.63) is 34.9 Å². The van der Waals surface area contributed by atoms with Crippen LogP contribution in [0.15, 0.2) is 18.2 Å². The summed E-state index contributed by atoms with van der Waals surface area (Å²) < 4.78 is 0. The van der Waals surface area contributed by atoms with E-state index < -0.39 is 0 Å². The van der Waals surface area contributed by atoms with Gasteiger partial charge in [-0.25, -0.2) is 0 Å². The maximum Gasteiger partial charge on any atom is -0.0161 e. The van der Waals surface area contributed by atoms with Gasteiger partial charge in [0.15, 0.2) is 0 Å². The second-order valence-electron chi connectivity index (χ2n) is 4.21. The summed E-state index contributed by atoms with van der Waals surface area (Å²) in [6, 6.07) is 7.05. The molecule has 0 nitrogen and oxygen atoms in total. The maximum absolute atomic E-state index is 2.39. The van der Waals surface area contributed by atoms with Crippen LogP contribution in [0.5, 0.6) is 0 Å². The summed E-state index contributed by atoms with van der Waals surface area (Å²) in [5.74, 6) is 0.898. The molecule has 0 radical (unpaired) electrons. The number of benzene rings is 1. The fraction of sp³-hybridized carbons (Fsp3) is 0.538. The molecule has 70 valence electrons. The summed E-state index contributed by atoms with van der Waals surface area (Å²) in [6.07, 6.45) is 5.31. The number of rotatable bonds is 3. The molecule has 0 heterocycles. The Hall–Kier alpha value is -0.780. The SMILES string of the molecule is CCCc1ccc(C2CC2)cc1C. The van der Waals surface area contributed by atoms with Crippen molar-refractivity contribution in [3.8, 4) is 0 Å². The third-order valence-electron chi connectivity index (χ3n) is 2.93. The second kappa shape index (κ2) is 3.53. The van der Waals surface area contributed by atoms with Crippen molar-refractivity contribution in [2.75, 3.05) is 0 Å². The van der Waals surface area contributed by atoms with E-state index in [1.165, 1.54) is 36.8 Å². The summed E-state index contributed by atoms with van der Waals surface area (Å²) in [6.45, 7) is 4.49. The van der Waals surface area contributed by atoms with Crippen molar-refractivity contribution in [1.29, 1.82) is 0 Å². The lowest BCUT2D eigenvalue weighted by Gasteiger charge is -2.06. The smallest absolute Gasteiger partial charge is 0.0161 e. The Bertz CT molecular complexity index is 295. The average molecular weight is 174 g/mol. The molecule has 1 fully saturated rings. The molecule has 1 saturated carbocycles. The van der Waals surface area contributed by atoms with E-state index in [2.05, 4.69) is 32.0 Å². The molecule has 0 aliphatic heterocycles. The fourth-order valence-electron chi connectivity index (χ4n) is 1.94. The van der Waals surface area contributed by atoms with Crippen LogP contribution in [-0.4, -0.2) is 0 Å². The molecule has 0 spiro atoms. The molecule has 0 saturated heterocycles. The molecule has 1 aromatic rings. The monoisotopic (exact) mass is 174 g/mol. The van der Waals surface area contributed by atoms with Gasteiger partial charge in [-0.15, -0.1) is 0 Å². The lowest BCUT2D eigenvalue weighted by atomic mass is 10.00. The summed E-state index contributed by atoms with van der Waals surface area (Å²) in [4.78, 5) is 0. The lowest BCUT2D eigenvalue weighted by Crippen LogP contribution is -1.90. The molecule has 1 aromatic carbocycles. The molecule has 0 amide bonds. The molecule has 0 N–H and O–H groups in total. The first-order chi connectivity index (χ1) is 6.31. The Morgan fingerprint density at radius 2 is 2.08 bits per heavy atom. The first kappa shape index (κ1) is 8.80. The van der Waals surface area contributed by atoms with Crippen LogP contribution in [0.4, 0.5) is 0 Å². The van der Waals surface area contributed by atoms with E-state index in [9.17, 15) is 0 Å². The van der Waals surface area contributed by atoms with Crippen molar-refractivity contribution in [3.63, 3.8) is 0 Å². The highest BCUT2D eigenvalue weighted by Crippen LogP contribution is 2.40. The average Bonchev–Trinajstić information content (AvgIpc) is 2.91. The molecular formula is C13H18. The first-order valence-electron chi connectivity index (χ1n) is 5.40. The minimum absolute atomic E-state index is 0.898.